The molecule has 25 heavy (non-hydrogen) atoms. The third-order valence-electron chi connectivity index (χ3n) is 4.04. The molecule has 2 aromatic rings. The molecule has 1 aliphatic heterocycles. The average molecular weight is 337 g/mol. The van der Waals surface area contributed by atoms with E-state index >= 15 is 0 Å². The first-order chi connectivity index (χ1) is 12.1. The first kappa shape index (κ1) is 16.7. The van der Waals surface area contributed by atoms with Gasteiger partial charge in [0.15, 0.2) is 0 Å². The summed E-state index contributed by atoms with van der Waals surface area (Å²) in [6.45, 7) is 0.419. The van der Waals surface area contributed by atoms with E-state index in [2.05, 4.69) is 16.0 Å². The minimum Gasteiger partial charge on any atom is -0.352 e. The van der Waals surface area contributed by atoms with E-state index in [1.54, 1.807) is 0 Å². The van der Waals surface area contributed by atoms with Crippen LogP contribution in [0, 0.1) is 0 Å². The molecule has 0 aliphatic carbocycles. The Bertz CT molecular complexity index is 790. The number of hydrogen-bond donors (Lipinski definition) is 3. The SMILES string of the molecule is O=C(CC[C@@H]1NC(=O)NC1=O)NCc1cccc(-c2ccccc2)c1. The molecule has 0 aromatic heterocycles. The molecule has 2 aromatic carbocycles. The number of benzene rings is 2. The smallest absolute Gasteiger partial charge is 0.322 e. The fourth-order valence-corrected chi connectivity index (χ4v) is 2.72. The third kappa shape index (κ3) is 4.44. The Morgan fingerprint density at radius 3 is 2.48 bits per heavy atom. The first-order valence-electron chi connectivity index (χ1n) is 8.14. The van der Waals surface area contributed by atoms with E-state index in [0.717, 1.165) is 16.7 Å². The summed E-state index contributed by atoms with van der Waals surface area (Å²) in [5.74, 6) is -0.535. The maximum absolute atomic E-state index is 12.0. The van der Waals surface area contributed by atoms with E-state index in [9.17, 15) is 14.4 Å². The van der Waals surface area contributed by atoms with Gasteiger partial charge in [-0.05, 0) is 29.2 Å². The fraction of sp³-hybridized carbons (Fsp3) is 0.211. The van der Waals surface area contributed by atoms with Gasteiger partial charge >= 0.3 is 6.03 Å². The van der Waals surface area contributed by atoms with Crippen molar-refractivity contribution >= 4 is 17.8 Å². The first-order valence-corrected chi connectivity index (χ1v) is 8.14. The molecule has 1 fully saturated rings. The number of urea groups is 1. The minimum absolute atomic E-state index is 0.154. The Hall–Kier alpha value is -3.15. The quantitative estimate of drug-likeness (QED) is 0.704. The highest BCUT2D eigenvalue weighted by Gasteiger charge is 2.29. The highest BCUT2D eigenvalue weighted by Crippen LogP contribution is 2.19. The minimum atomic E-state index is -0.625. The number of amides is 4. The second-order valence-corrected chi connectivity index (χ2v) is 5.90. The Kier molecular flexibility index (Phi) is 5.09. The van der Waals surface area contributed by atoms with Gasteiger partial charge in [0.2, 0.25) is 5.91 Å². The van der Waals surface area contributed by atoms with Crippen molar-refractivity contribution in [3.05, 3.63) is 60.2 Å². The van der Waals surface area contributed by atoms with Crippen molar-refractivity contribution in [1.82, 2.24) is 16.0 Å². The van der Waals surface area contributed by atoms with Crippen LogP contribution >= 0.6 is 0 Å². The van der Waals surface area contributed by atoms with Crippen molar-refractivity contribution in [2.45, 2.75) is 25.4 Å². The standard InChI is InChI=1S/C19H19N3O3/c23-17(10-9-16-18(24)22-19(25)21-16)20-12-13-5-4-8-15(11-13)14-6-2-1-3-7-14/h1-8,11,16H,9-10,12H2,(H,20,23)(H2,21,22,24,25)/t16-/m0/s1. The van der Waals surface area contributed by atoms with Crippen LogP contribution < -0.4 is 16.0 Å². The lowest BCUT2D eigenvalue weighted by molar-refractivity contribution is -0.122. The van der Waals surface area contributed by atoms with Crippen molar-refractivity contribution in [2.24, 2.45) is 0 Å². The number of rotatable bonds is 6. The van der Waals surface area contributed by atoms with Crippen LogP contribution in [0.1, 0.15) is 18.4 Å². The second kappa shape index (κ2) is 7.61. The van der Waals surface area contributed by atoms with E-state index in [1.807, 2.05) is 54.6 Å². The lowest BCUT2D eigenvalue weighted by Crippen LogP contribution is -2.31. The zero-order chi connectivity index (χ0) is 17.6. The molecule has 0 saturated carbocycles. The molecule has 1 heterocycles. The molecule has 128 valence electrons. The number of hydrogen-bond acceptors (Lipinski definition) is 3. The monoisotopic (exact) mass is 337 g/mol. The highest BCUT2D eigenvalue weighted by atomic mass is 16.2. The van der Waals surface area contributed by atoms with E-state index < -0.39 is 12.1 Å². The van der Waals surface area contributed by atoms with Gasteiger partial charge in [-0.1, -0.05) is 48.5 Å². The van der Waals surface area contributed by atoms with Crippen LogP contribution in [0.3, 0.4) is 0 Å². The van der Waals surface area contributed by atoms with Gasteiger partial charge in [-0.3, -0.25) is 14.9 Å². The molecule has 3 rings (SSSR count). The Morgan fingerprint density at radius 2 is 1.76 bits per heavy atom. The Labute approximate surface area is 145 Å². The van der Waals surface area contributed by atoms with Crippen molar-refractivity contribution < 1.29 is 14.4 Å². The van der Waals surface area contributed by atoms with E-state index in [1.165, 1.54) is 0 Å². The molecular weight excluding hydrogens is 318 g/mol. The molecule has 0 spiro atoms. The largest absolute Gasteiger partial charge is 0.352 e. The predicted molar refractivity (Wildman–Crippen MR) is 93.4 cm³/mol. The summed E-state index contributed by atoms with van der Waals surface area (Å²) in [7, 11) is 0. The van der Waals surface area contributed by atoms with Crippen LogP contribution in [0.4, 0.5) is 4.79 Å². The van der Waals surface area contributed by atoms with Crippen LogP contribution in [-0.2, 0) is 16.1 Å². The van der Waals surface area contributed by atoms with Crippen molar-refractivity contribution in [3.8, 4) is 11.1 Å². The number of nitrogens with one attached hydrogen (secondary N) is 3. The van der Waals surface area contributed by atoms with Gasteiger partial charge in [-0.2, -0.15) is 0 Å². The number of carbonyl (C=O) groups excluding carboxylic acids is 3. The Morgan fingerprint density at radius 1 is 1.00 bits per heavy atom. The lowest BCUT2D eigenvalue weighted by atomic mass is 10.0. The summed E-state index contributed by atoms with van der Waals surface area (Å²) >= 11 is 0. The summed E-state index contributed by atoms with van der Waals surface area (Å²) in [4.78, 5) is 34.4. The van der Waals surface area contributed by atoms with Crippen LogP contribution in [0.2, 0.25) is 0 Å². The molecule has 0 unspecified atom stereocenters. The van der Waals surface area contributed by atoms with Crippen molar-refractivity contribution in [3.63, 3.8) is 0 Å². The average Bonchev–Trinajstić information content (AvgIpc) is 2.96. The van der Waals surface area contributed by atoms with Crippen molar-refractivity contribution in [2.75, 3.05) is 0 Å². The third-order valence-corrected chi connectivity index (χ3v) is 4.04. The Balaban J connectivity index is 1.51. The summed E-state index contributed by atoms with van der Waals surface area (Å²) in [6, 6.07) is 16.9. The molecular formula is C19H19N3O3. The summed E-state index contributed by atoms with van der Waals surface area (Å²) in [5, 5.41) is 7.47. The van der Waals surface area contributed by atoms with Gasteiger partial charge in [0, 0.05) is 13.0 Å². The molecule has 1 saturated heterocycles. The molecule has 1 atom stereocenters. The van der Waals surface area contributed by atoms with E-state index in [0.29, 0.717) is 6.54 Å². The lowest BCUT2D eigenvalue weighted by Gasteiger charge is -2.09. The van der Waals surface area contributed by atoms with E-state index in [-0.39, 0.29) is 24.7 Å². The zero-order valence-corrected chi connectivity index (χ0v) is 13.6. The summed E-state index contributed by atoms with van der Waals surface area (Å²) in [5.41, 5.74) is 3.22. The van der Waals surface area contributed by atoms with E-state index in [4.69, 9.17) is 0 Å². The van der Waals surface area contributed by atoms with Gasteiger partial charge in [0.1, 0.15) is 6.04 Å². The summed E-state index contributed by atoms with van der Waals surface area (Å²) < 4.78 is 0. The second-order valence-electron chi connectivity index (χ2n) is 5.90. The van der Waals surface area contributed by atoms with Gasteiger partial charge in [-0.25, -0.2) is 4.79 Å². The normalized spacial score (nSPS) is 16.2. The zero-order valence-electron chi connectivity index (χ0n) is 13.6. The van der Waals surface area contributed by atoms with Crippen LogP contribution in [0.5, 0.6) is 0 Å². The van der Waals surface area contributed by atoms with Crippen LogP contribution in [0.15, 0.2) is 54.6 Å². The predicted octanol–water partition coefficient (Wildman–Crippen LogP) is 1.96. The topological polar surface area (TPSA) is 87.3 Å². The van der Waals surface area contributed by atoms with Crippen LogP contribution in [-0.4, -0.2) is 23.9 Å². The fourth-order valence-electron chi connectivity index (χ4n) is 2.72. The molecule has 0 radical (unpaired) electrons. The molecule has 6 heteroatoms. The maximum Gasteiger partial charge on any atom is 0.322 e. The van der Waals surface area contributed by atoms with Gasteiger partial charge in [-0.15, -0.1) is 0 Å². The molecule has 6 nitrogen and oxygen atoms in total. The van der Waals surface area contributed by atoms with Crippen LogP contribution in [0.25, 0.3) is 11.1 Å². The number of carbonyl (C=O) groups is 3. The molecule has 3 N–H and O–H groups in total. The van der Waals surface area contributed by atoms with Crippen molar-refractivity contribution in [1.29, 1.82) is 0 Å². The summed E-state index contributed by atoms with van der Waals surface area (Å²) in [6.07, 6.45) is 0.463. The van der Waals surface area contributed by atoms with Gasteiger partial charge in [0.25, 0.3) is 5.91 Å². The molecule has 1 aliphatic rings. The maximum atomic E-state index is 12.0. The number of imide groups is 1. The molecule has 0 bridgehead atoms. The van der Waals surface area contributed by atoms with Gasteiger partial charge < -0.3 is 10.6 Å². The molecule has 4 amide bonds. The van der Waals surface area contributed by atoms with Gasteiger partial charge in [0.05, 0.1) is 0 Å². The highest BCUT2D eigenvalue weighted by molar-refractivity contribution is 6.04.